The Balaban J connectivity index is 1.85. The van der Waals surface area contributed by atoms with E-state index in [2.05, 4.69) is 20.6 Å². The molecule has 0 radical (unpaired) electrons. The molecule has 0 aliphatic rings. The zero-order valence-corrected chi connectivity index (χ0v) is 15.2. The molecular formula is C15H21N5O2S2. The molecule has 1 aromatic carbocycles. The molecule has 2 aromatic rings. The van der Waals surface area contributed by atoms with Crippen molar-refractivity contribution in [1.82, 2.24) is 15.6 Å². The minimum atomic E-state index is -3.69. The van der Waals surface area contributed by atoms with Crippen LogP contribution in [0.25, 0.3) is 0 Å². The normalized spacial score (nSPS) is 12.2. The van der Waals surface area contributed by atoms with Crippen LogP contribution in [0.1, 0.15) is 15.4 Å². The number of guanidine groups is 1. The third kappa shape index (κ3) is 5.59. The zero-order chi connectivity index (χ0) is 17.6. The van der Waals surface area contributed by atoms with Gasteiger partial charge < -0.3 is 10.6 Å². The van der Waals surface area contributed by atoms with E-state index >= 15 is 0 Å². The fourth-order valence-corrected chi connectivity index (χ4v) is 3.41. The van der Waals surface area contributed by atoms with E-state index in [-0.39, 0.29) is 4.90 Å². The highest BCUT2D eigenvalue weighted by atomic mass is 32.2. The highest BCUT2D eigenvalue weighted by molar-refractivity contribution is 7.89. The molecule has 0 aliphatic carbocycles. The van der Waals surface area contributed by atoms with E-state index in [9.17, 15) is 8.42 Å². The Labute approximate surface area is 146 Å². The van der Waals surface area contributed by atoms with E-state index in [1.807, 2.05) is 19.2 Å². The van der Waals surface area contributed by atoms with Gasteiger partial charge in [-0.05, 0) is 24.6 Å². The Bertz CT molecular complexity index is 815. The van der Waals surface area contributed by atoms with Crippen LogP contribution in [-0.4, -0.2) is 33.0 Å². The number of nitrogens with zero attached hydrogens (tertiary/aromatic N) is 2. The summed E-state index contributed by atoms with van der Waals surface area (Å²) in [6.07, 6.45) is 2.69. The first-order valence-corrected chi connectivity index (χ1v) is 9.72. The lowest BCUT2D eigenvalue weighted by Gasteiger charge is -2.12. The maximum atomic E-state index is 11.4. The van der Waals surface area contributed by atoms with Crippen molar-refractivity contribution >= 4 is 27.3 Å². The predicted octanol–water partition coefficient (Wildman–Crippen LogP) is 1.01. The minimum absolute atomic E-state index is 0.101. The summed E-state index contributed by atoms with van der Waals surface area (Å²) in [5.74, 6) is 0.643. The number of thiazole rings is 1. The van der Waals surface area contributed by atoms with E-state index in [1.54, 1.807) is 30.5 Å². The van der Waals surface area contributed by atoms with Crippen LogP contribution in [-0.2, 0) is 23.0 Å². The standard InChI is InChI=1S/C15H21N5O2S2/c1-11-9-19-14(23-11)6-7-18-15(17-2)20-10-12-4-3-5-13(8-12)24(16,21)22/h3-5,8-9H,6-7,10H2,1-2H3,(H2,16,21,22)(H2,17,18,20). The number of aryl methyl sites for hydroxylation is 1. The van der Waals surface area contributed by atoms with E-state index < -0.39 is 10.0 Å². The maximum absolute atomic E-state index is 11.4. The van der Waals surface area contributed by atoms with Crippen molar-refractivity contribution in [2.75, 3.05) is 13.6 Å². The van der Waals surface area contributed by atoms with Crippen LogP contribution in [0.15, 0.2) is 40.4 Å². The molecule has 9 heteroatoms. The molecule has 0 atom stereocenters. The van der Waals surface area contributed by atoms with Crippen LogP contribution in [0.3, 0.4) is 0 Å². The van der Waals surface area contributed by atoms with E-state index in [0.717, 1.165) is 17.0 Å². The van der Waals surface area contributed by atoms with Crippen LogP contribution < -0.4 is 15.8 Å². The van der Waals surface area contributed by atoms with Gasteiger partial charge in [0.25, 0.3) is 0 Å². The summed E-state index contributed by atoms with van der Waals surface area (Å²) >= 11 is 1.68. The third-order valence-electron chi connectivity index (χ3n) is 3.21. The lowest BCUT2D eigenvalue weighted by molar-refractivity contribution is 0.597. The Kier molecular flexibility index (Phi) is 6.29. The Morgan fingerprint density at radius 2 is 2.17 bits per heavy atom. The molecule has 0 fully saturated rings. The molecule has 1 aromatic heterocycles. The van der Waals surface area contributed by atoms with Crippen molar-refractivity contribution in [1.29, 1.82) is 0 Å². The summed E-state index contributed by atoms with van der Waals surface area (Å²) in [6.45, 7) is 3.19. The summed E-state index contributed by atoms with van der Waals surface area (Å²) in [7, 11) is -2.01. The number of nitrogens with one attached hydrogen (secondary N) is 2. The van der Waals surface area contributed by atoms with Crippen molar-refractivity contribution in [3.05, 3.63) is 45.9 Å². The lowest BCUT2D eigenvalue weighted by atomic mass is 10.2. The Hall–Kier alpha value is -1.97. The molecule has 7 nitrogen and oxygen atoms in total. The SMILES string of the molecule is CN=C(NCCc1ncc(C)s1)NCc1cccc(S(N)(=O)=O)c1. The van der Waals surface area contributed by atoms with E-state index in [4.69, 9.17) is 5.14 Å². The molecule has 4 N–H and O–H groups in total. The number of hydrogen-bond donors (Lipinski definition) is 3. The van der Waals surface area contributed by atoms with Gasteiger partial charge >= 0.3 is 0 Å². The second-order valence-corrected chi connectivity index (χ2v) is 8.04. The smallest absolute Gasteiger partial charge is 0.238 e. The molecule has 1 heterocycles. The van der Waals surface area contributed by atoms with Gasteiger partial charge in [0.1, 0.15) is 0 Å². The fraction of sp³-hybridized carbons (Fsp3) is 0.333. The molecular weight excluding hydrogens is 346 g/mol. The second-order valence-electron chi connectivity index (χ2n) is 5.16. The quantitative estimate of drug-likeness (QED) is 0.521. The minimum Gasteiger partial charge on any atom is -0.356 e. The molecule has 0 unspecified atom stereocenters. The molecule has 0 bridgehead atoms. The largest absolute Gasteiger partial charge is 0.356 e. The molecule has 0 spiro atoms. The fourth-order valence-electron chi connectivity index (χ4n) is 2.04. The zero-order valence-electron chi connectivity index (χ0n) is 13.6. The van der Waals surface area contributed by atoms with Gasteiger partial charge in [0, 0.05) is 37.6 Å². The topological polar surface area (TPSA) is 109 Å². The third-order valence-corrected chi connectivity index (χ3v) is 5.09. The number of aliphatic imine (C=N–C) groups is 1. The maximum Gasteiger partial charge on any atom is 0.238 e. The summed E-state index contributed by atoms with van der Waals surface area (Å²) in [5, 5.41) is 12.6. The van der Waals surface area contributed by atoms with Gasteiger partial charge in [-0.15, -0.1) is 11.3 Å². The van der Waals surface area contributed by atoms with Gasteiger partial charge in [0.15, 0.2) is 5.96 Å². The average molecular weight is 368 g/mol. The molecule has 0 amide bonds. The first-order chi connectivity index (χ1) is 11.4. The van der Waals surface area contributed by atoms with Gasteiger partial charge in [0.2, 0.25) is 10.0 Å². The average Bonchev–Trinajstić information content (AvgIpc) is 2.95. The van der Waals surface area contributed by atoms with Crippen molar-refractivity contribution in [3.8, 4) is 0 Å². The van der Waals surface area contributed by atoms with Gasteiger partial charge in [0.05, 0.1) is 9.90 Å². The second kappa shape index (κ2) is 8.22. The number of aromatic nitrogens is 1. The van der Waals surface area contributed by atoms with Gasteiger partial charge in [-0.3, -0.25) is 4.99 Å². The highest BCUT2D eigenvalue weighted by Gasteiger charge is 2.08. The van der Waals surface area contributed by atoms with Gasteiger partial charge in [-0.25, -0.2) is 18.5 Å². The molecule has 0 saturated carbocycles. The molecule has 0 aliphatic heterocycles. The summed E-state index contributed by atoms with van der Waals surface area (Å²) < 4.78 is 22.7. The first kappa shape index (κ1) is 18.4. The van der Waals surface area contributed by atoms with Gasteiger partial charge in [-0.1, -0.05) is 12.1 Å². The monoisotopic (exact) mass is 367 g/mol. The predicted molar refractivity (Wildman–Crippen MR) is 96.6 cm³/mol. The Morgan fingerprint density at radius 1 is 1.38 bits per heavy atom. The van der Waals surface area contributed by atoms with Crippen LogP contribution in [0.5, 0.6) is 0 Å². The molecule has 0 saturated heterocycles. The van der Waals surface area contributed by atoms with E-state index in [0.29, 0.717) is 19.0 Å². The van der Waals surface area contributed by atoms with Crippen molar-refractivity contribution in [2.24, 2.45) is 10.1 Å². The van der Waals surface area contributed by atoms with Gasteiger partial charge in [-0.2, -0.15) is 0 Å². The number of hydrogen-bond acceptors (Lipinski definition) is 5. The van der Waals surface area contributed by atoms with Crippen LogP contribution in [0.4, 0.5) is 0 Å². The van der Waals surface area contributed by atoms with Crippen molar-refractivity contribution in [3.63, 3.8) is 0 Å². The van der Waals surface area contributed by atoms with Crippen LogP contribution >= 0.6 is 11.3 Å². The molecule has 2 rings (SSSR count). The number of primary sulfonamides is 1. The number of rotatable bonds is 6. The van der Waals surface area contributed by atoms with Crippen molar-refractivity contribution < 1.29 is 8.42 Å². The highest BCUT2D eigenvalue weighted by Crippen LogP contribution is 2.11. The van der Waals surface area contributed by atoms with E-state index in [1.165, 1.54) is 10.9 Å². The molecule has 24 heavy (non-hydrogen) atoms. The summed E-state index contributed by atoms with van der Waals surface area (Å²) in [4.78, 5) is 9.76. The van der Waals surface area contributed by atoms with Crippen LogP contribution in [0.2, 0.25) is 0 Å². The van der Waals surface area contributed by atoms with Crippen molar-refractivity contribution in [2.45, 2.75) is 24.8 Å². The first-order valence-electron chi connectivity index (χ1n) is 7.36. The number of sulfonamides is 1. The summed E-state index contributed by atoms with van der Waals surface area (Å²) in [6, 6.07) is 6.51. The van der Waals surface area contributed by atoms with Crippen LogP contribution in [0, 0.1) is 6.92 Å². The Morgan fingerprint density at radius 3 is 2.79 bits per heavy atom. The number of benzene rings is 1. The number of nitrogens with two attached hydrogens (primary N) is 1. The summed E-state index contributed by atoms with van der Waals surface area (Å²) in [5.41, 5.74) is 0.806. The molecule has 130 valence electrons. The lowest BCUT2D eigenvalue weighted by Crippen LogP contribution is -2.37.